The highest BCUT2D eigenvalue weighted by atomic mass is 16.2. The number of rotatable bonds is 2. The first-order chi connectivity index (χ1) is 14.6. The van der Waals surface area contributed by atoms with Crippen molar-refractivity contribution in [3.05, 3.63) is 95.1 Å². The Hall–Kier alpha value is -4.06. The molecule has 2 aliphatic carbocycles. The van der Waals surface area contributed by atoms with Gasteiger partial charge in [-0.05, 0) is 24.3 Å². The molecular formula is C24H14N2O4. The Bertz CT molecular complexity index is 1150. The van der Waals surface area contributed by atoms with Crippen LogP contribution in [0.5, 0.6) is 0 Å². The van der Waals surface area contributed by atoms with Gasteiger partial charge in [-0.1, -0.05) is 48.6 Å². The minimum atomic E-state index is -0.444. The Morgan fingerprint density at radius 3 is 1.00 bits per heavy atom. The molecule has 0 fully saturated rings. The number of carbonyl (C=O) groups excluding carboxylic acids is 4. The lowest BCUT2D eigenvalue weighted by atomic mass is 9.85. The normalized spacial score (nSPS) is 20.0. The average molecular weight is 394 g/mol. The van der Waals surface area contributed by atoms with Crippen molar-refractivity contribution >= 4 is 34.4 Å². The van der Waals surface area contributed by atoms with E-state index in [1.165, 1.54) is 9.80 Å². The number of benzene rings is 2. The monoisotopic (exact) mass is 394 g/mol. The molecule has 0 atom stereocenters. The Labute approximate surface area is 171 Å². The van der Waals surface area contributed by atoms with Crippen molar-refractivity contribution in [1.29, 1.82) is 0 Å². The molecule has 0 bridgehead atoms. The summed E-state index contributed by atoms with van der Waals surface area (Å²) in [7, 11) is 0. The van der Waals surface area contributed by atoms with Crippen LogP contribution in [0.15, 0.2) is 72.9 Å². The first-order valence-corrected chi connectivity index (χ1v) is 9.63. The second-order valence-electron chi connectivity index (χ2n) is 7.55. The molecule has 2 heterocycles. The lowest BCUT2D eigenvalue weighted by Gasteiger charge is -2.34. The number of carbonyl (C=O) groups is 4. The number of hydrogen-bond acceptors (Lipinski definition) is 4. The lowest BCUT2D eigenvalue weighted by molar-refractivity contribution is 0.0574. The van der Waals surface area contributed by atoms with E-state index in [0.717, 1.165) is 0 Å². The van der Waals surface area contributed by atoms with Crippen molar-refractivity contribution in [2.75, 3.05) is 0 Å². The summed E-state index contributed by atoms with van der Waals surface area (Å²) in [6.45, 7) is 0. The molecule has 4 amide bonds. The lowest BCUT2D eigenvalue weighted by Crippen LogP contribution is -2.47. The average Bonchev–Trinajstić information content (AvgIpc) is 3.45. The smallest absolute Gasteiger partial charge is 0.262 e. The fourth-order valence-electron chi connectivity index (χ4n) is 4.64. The maximum Gasteiger partial charge on any atom is 0.262 e. The van der Waals surface area contributed by atoms with Crippen LogP contribution in [0, 0.1) is 0 Å². The van der Waals surface area contributed by atoms with Crippen molar-refractivity contribution in [3.63, 3.8) is 0 Å². The zero-order valence-electron chi connectivity index (χ0n) is 15.6. The summed E-state index contributed by atoms with van der Waals surface area (Å²) >= 11 is 0. The quantitative estimate of drug-likeness (QED) is 0.734. The van der Waals surface area contributed by atoms with E-state index in [0.29, 0.717) is 33.0 Å². The summed E-state index contributed by atoms with van der Waals surface area (Å²) in [5.74, 6) is -1.72. The maximum atomic E-state index is 13.2. The standard InChI is InChI=1S/C24H14N2O4/c27-21-15-9-11-17-20-18(24(30)26(23(17)29)14-7-3-4-8-14)12-10-16(19(15)20)22(28)25(21)13-5-1-2-6-13/h1-14H. The van der Waals surface area contributed by atoms with Crippen molar-refractivity contribution in [2.45, 2.75) is 12.1 Å². The fraction of sp³-hybridized carbons (Fsp3) is 0.0833. The molecule has 2 aromatic carbocycles. The zero-order chi connectivity index (χ0) is 20.6. The van der Waals surface area contributed by atoms with Gasteiger partial charge in [0.05, 0.1) is 12.1 Å². The molecule has 2 aliphatic heterocycles. The Morgan fingerprint density at radius 2 is 0.733 bits per heavy atom. The van der Waals surface area contributed by atoms with Gasteiger partial charge in [0.15, 0.2) is 0 Å². The van der Waals surface area contributed by atoms with Gasteiger partial charge in [-0.25, -0.2) is 0 Å². The topological polar surface area (TPSA) is 74.8 Å². The van der Waals surface area contributed by atoms with E-state index >= 15 is 0 Å². The van der Waals surface area contributed by atoms with Crippen LogP contribution in [-0.2, 0) is 0 Å². The molecule has 6 heteroatoms. The number of imide groups is 2. The van der Waals surface area contributed by atoms with Crippen LogP contribution >= 0.6 is 0 Å². The van der Waals surface area contributed by atoms with Gasteiger partial charge in [0, 0.05) is 33.0 Å². The zero-order valence-corrected chi connectivity index (χ0v) is 15.6. The second kappa shape index (κ2) is 5.73. The highest BCUT2D eigenvalue weighted by molar-refractivity contribution is 6.33. The van der Waals surface area contributed by atoms with Gasteiger partial charge in [-0.2, -0.15) is 0 Å². The maximum absolute atomic E-state index is 13.2. The molecule has 0 saturated heterocycles. The summed E-state index contributed by atoms with van der Waals surface area (Å²) < 4.78 is 0. The summed E-state index contributed by atoms with van der Waals surface area (Å²) in [6.07, 6.45) is 14.3. The molecule has 0 aromatic heterocycles. The molecule has 6 rings (SSSR count). The highest BCUT2D eigenvalue weighted by Gasteiger charge is 2.42. The second-order valence-corrected chi connectivity index (χ2v) is 7.55. The van der Waals surface area contributed by atoms with Gasteiger partial charge >= 0.3 is 0 Å². The third-order valence-electron chi connectivity index (χ3n) is 6.01. The SMILES string of the molecule is O=C1c2ccc3c4c(ccc(c24)C(=O)N1C1C=CC=C1)C(=O)N(C1C=CC=C1)C3=O. The van der Waals surface area contributed by atoms with Gasteiger partial charge in [0.25, 0.3) is 23.6 Å². The summed E-state index contributed by atoms with van der Waals surface area (Å²) in [5, 5.41) is 0.780. The van der Waals surface area contributed by atoms with Gasteiger partial charge < -0.3 is 0 Å². The minimum absolute atomic E-state index is 0.327. The van der Waals surface area contributed by atoms with E-state index in [9.17, 15) is 19.2 Å². The van der Waals surface area contributed by atoms with E-state index in [1.54, 1.807) is 72.9 Å². The third kappa shape index (κ3) is 1.97. The molecule has 30 heavy (non-hydrogen) atoms. The van der Waals surface area contributed by atoms with Crippen LogP contribution < -0.4 is 0 Å². The van der Waals surface area contributed by atoms with Crippen molar-refractivity contribution < 1.29 is 19.2 Å². The van der Waals surface area contributed by atoms with E-state index < -0.39 is 35.7 Å². The molecular weight excluding hydrogens is 380 g/mol. The number of amides is 4. The molecule has 0 N–H and O–H groups in total. The van der Waals surface area contributed by atoms with Crippen LogP contribution in [-0.4, -0.2) is 45.5 Å². The summed E-state index contributed by atoms with van der Waals surface area (Å²) in [4.78, 5) is 55.2. The number of nitrogens with zero attached hydrogens (tertiary/aromatic N) is 2. The molecule has 0 saturated carbocycles. The van der Waals surface area contributed by atoms with Crippen molar-refractivity contribution in [1.82, 2.24) is 9.80 Å². The minimum Gasteiger partial charge on any atom is -0.269 e. The molecule has 6 nitrogen and oxygen atoms in total. The molecule has 0 radical (unpaired) electrons. The van der Waals surface area contributed by atoms with Crippen molar-refractivity contribution in [3.8, 4) is 0 Å². The predicted molar refractivity (Wildman–Crippen MR) is 109 cm³/mol. The van der Waals surface area contributed by atoms with Gasteiger partial charge in [-0.15, -0.1) is 0 Å². The van der Waals surface area contributed by atoms with Crippen LogP contribution in [0.1, 0.15) is 41.4 Å². The Balaban J connectivity index is 1.59. The molecule has 0 unspecified atom stereocenters. The predicted octanol–water partition coefficient (Wildman–Crippen LogP) is 3.02. The van der Waals surface area contributed by atoms with Gasteiger partial charge in [0.2, 0.25) is 0 Å². The van der Waals surface area contributed by atoms with Crippen LogP contribution in [0.2, 0.25) is 0 Å². The first-order valence-electron chi connectivity index (χ1n) is 9.63. The largest absolute Gasteiger partial charge is 0.269 e. The van der Waals surface area contributed by atoms with Gasteiger partial charge in [-0.3, -0.25) is 29.0 Å². The van der Waals surface area contributed by atoms with E-state index in [2.05, 4.69) is 0 Å². The first kappa shape index (κ1) is 16.9. The van der Waals surface area contributed by atoms with Gasteiger partial charge in [0.1, 0.15) is 0 Å². The van der Waals surface area contributed by atoms with E-state index in [4.69, 9.17) is 0 Å². The van der Waals surface area contributed by atoms with Crippen LogP contribution in [0.3, 0.4) is 0 Å². The van der Waals surface area contributed by atoms with Crippen LogP contribution in [0.4, 0.5) is 0 Å². The number of hydrogen-bond donors (Lipinski definition) is 0. The number of allylic oxidation sites excluding steroid dienone is 4. The summed E-state index contributed by atoms with van der Waals surface area (Å²) in [5.41, 5.74) is 1.31. The molecule has 0 spiro atoms. The molecule has 2 aromatic rings. The Kier molecular flexibility index (Phi) is 3.22. The van der Waals surface area contributed by atoms with Crippen LogP contribution in [0.25, 0.3) is 10.8 Å². The van der Waals surface area contributed by atoms with E-state index in [1.807, 2.05) is 0 Å². The Morgan fingerprint density at radius 1 is 0.467 bits per heavy atom. The summed E-state index contributed by atoms with van der Waals surface area (Å²) in [6, 6.07) is 5.45. The highest BCUT2D eigenvalue weighted by Crippen LogP contribution is 2.39. The third-order valence-corrected chi connectivity index (χ3v) is 6.01. The molecule has 4 aliphatic rings. The fourth-order valence-corrected chi connectivity index (χ4v) is 4.64. The van der Waals surface area contributed by atoms with E-state index in [-0.39, 0.29) is 0 Å². The molecule has 144 valence electrons. The van der Waals surface area contributed by atoms with Crippen molar-refractivity contribution in [2.24, 2.45) is 0 Å².